The quantitative estimate of drug-likeness (QED) is 0.516. The molecule has 142 valence electrons. The van der Waals surface area contributed by atoms with Crippen LogP contribution < -0.4 is 0 Å². The van der Waals surface area contributed by atoms with Crippen LogP contribution in [0.25, 0.3) is 0 Å². The van der Waals surface area contributed by atoms with Gasteiger partial charge in [0.2, 0.25) is 10.0 Å². The summed E-state index contributed by atoms with van der Waals surface area (Å²) < 4.78 is 49.8. The van der Waals surface area contributed by atoms with Crippen molar-refractivity contribution >= 4 is 19.9 Å². The van der Waals surface area contributed by atoms with E-state index in [0.717, 1.165) is 10.4 Å². The maximum absolute atomic E-state index is 12.3. The zero-order valence-electron chi connectivity index (χ0n) is 13.9. The fourth-order valence-electron chi connectivity index (χ4n) is 2.20. The van der Waals surface area contributed by atoms with Crippen molar-refractivity contribution in [2.75, 3.05) is 37.8 Å². The van der Waals surface area contributed by atoms with Crippen LogP contribution in [0.5, 0.6) is 0 Å². The summed E-state index contributed by atoms with van der Waals surface area (Å²) >= 11 is 0. The number of benzene rings is 1. The van der Waals surface area contributed by atoms with Crippen LogP contribution in [0.2, 0.25) is 0 Å². The van der Waals surface area contributed by atoms with E-state index in [4.69, 9.17) is 20.7 Å². The second-order valence-electron chi connectivity index (χ2n) is 5.27. The van der Waals surface area contributed by atoms with Gasteiger partial charge in [0.05, 0.1) is 40.7 Å². The van der Waals surface area contributed by atoms with Gasteiger partial charge in [0.15, 0.2) is 9.84 Å². The van der Waals surface area contributed by atoms with E-state index in [9.17, 15) is 16.8 Å². The van der Waals surface area contributed by atoms with Gasteiger partial charge in [-0.25, -0.2) is 16.8 Å². The van der Waals surface area contributed by atoms with E-state index < -0.39 is 44.6 Å². The molecule has 9 nitrogen and oxygen atoms in total. The Morgan fingerprint density at radius 2 is 1.50 bits per heavy atom. The van der Waals surface area contributed by atoms with E-state index in [2.05, 4.69) is 0 Å². The summed E-state index contributed by atoms with van der Waals surface area (Å²) in [7, 11) is -7.65. The predicted octanol–water partition coefficient (Wildman–Crippen LogP) is -0.790. The maximum Gasteiger partial charge on any atom is 0.214 e. The van der Waals surface area contributed by atoms with E-state index in [1.807, 2.05) is 0 Å². The molecule has 1 aromatic carbocycles. The second-order valence-corrected chi connectivity index (χ2v) is 9.46. The van der Waals surface area contributed by atoms with Gasteiger partial charge >= 0.3 is 0 Å². The lowest BCUT2D eigenvalue weighted by Gasteiger charge is -2.20. The molecule has 0 amide bonds. The topological polar surface area (TPSA) is 160 Å². The van der Waals surface area contributed by atoms with Crippen molar-refractivity contribution in [2.45, 2.75) is 11.3 Å². The standard InChI is InChI=1S/C15H19N3O6S2/c16-11-13-2-3-15(10-14(13)12-17)25(21,22)8-1-9-26(23,24)18(4-6-19)5-7-20/h2-3,10,19-20H,1,4-9H2. The number of sulfonamides is 1. The molecule has 0 atom stereocenters. The molecule has 0 fully saturated rings. The molecular formula is C15H19N3O6S2. The molecule has 1 aromatic rings. The molecule has 0 aliphatic carbocycles. The number of sulfone groups is 1. The molecule has 0 bridgehead atoms. The Balaban J connectivity index is 2.87. The molecule has 1 rings (SSSR count). The molecule has 0 saturated heterocycles. The third-order valence-corrected chi connectivity index (χ3v) is 7.25. The van der Waals surface area contributed by atoms with Gasteiger partial charge < -0.3 is 10.2 Å². The Hall–Kier alpha value is -2.02. The lowest BCUT2D eigenvalue weighted by Crippen LogP contribution is -2.37. The normalized spacial score (nSPS) is 11.9. The number of aliphatic hydroxyl groups is 2. The van der Waals surface area contributed by atoms with Crippen LogP contribution in [0.4, 0.5) is 0 Å². The summed E-state index contributed by atoms with van der Waals surface area (Å²) in [5.41, 5.74) is -0.0176. The molecular weight excluding hydrogens is 382 g/mol. The van der Waals surface area contributed by atoms with Crippen LogP contribution >= 0.6 is 0 Å². The van der Waals surface area contributed by atoms with Crippen molar-refractivity contribution in [1.29, 1.82) is 10.5 Å². The lowest BCUT2D eigenvalue weighted by molar-refractivity contribution is 0.217. The summed E-state index contributed by atoms with van der Waals surface area (Å²) in [4.78, 5) is -0.159. The summed E-state index contributed by atoms with van der Waals surface area (Å²) in [6.07, 6.45) is -0.195. The third-order valence-electron chi connectivity index (χ3n) is 3.50. The van der Waals surface area contributed by atoms with Crippen molar-refractivity contribution in [1.82, 2.24) is 4.31 Å². The fourth-order valence-corrected chi connectivity index (χ4v) is 5.20. The van der Waals surface area contributed by atoms with E-state index >= 15 is 0 Å². The van der Waals surface area contributed by atoms with Gasteiger partial charge in [-0.2, -0.15) is 14.8 Å². The Morgan fingerprint density at radius 3 is 2.00 bits per heavy atom. The van der Waals surface area contributed by atoms with Gasteiger partial charge in [0.25, 0.3) is 0 Å². The molecule has 0 aliphatic heterocycles. The molecule has 0 aromatic heterocycles. The average molecular weight is 401 g/mol. The Morgan fingerprint density at radius 1 is 0.923 bits per heavy atom. The number of nitrogens with zero attached hydrogens (tertiary/aromatic N) is 3. The van der Waals surface area contributed by atoms with Gasteiger partial charge in [0.1, 0.15) is 12.1 Å². The van der Waals surface area contributed by atoms with Crippen LogP contribution in [0.15, 0.2) is 23.1 Å². The average Bonchev–Trinajstić information content (AvgIpc) is 2.60. The number of hydrogen-bond acceptors (Lipinski definition) is 8. The molecule has 0 radical (unpaired) electrons. The largest absolute Gasteiger partial charge is 0.395 e. The van der Waals surface area contributed by atoms with Crippen LogP contribution in [-0.2, 0) is 19.9 Å². The number of aliphatic hydroxyl groups excluding tert-OH is 2. The molecule has 0 saturated carbocycles. The SMILES string of the molecule is N#Cc1ccc(S(=O)(=O)CCCS(=O)(=O)N(CCO)CCO)cc1C#N. The smallest absolute Gasteiger partial charge is 0.214 e. The van der Waals surface area contributed by atoms with Crippen LogP contribution in [-0.4, -0.2) is 69.2 Å². The zero-order valence-corrected chi connectivity index (χ0v) is 15.5. The molecule has 2 N–H and O–H groups in total. The zero-order chi connectivity index (χ0) is 19.8. The molecule has 0 heterocycles. The number of nitriles is 2. The Kier molecular flexibility index (Phi) is 8.14. The number of hydrogen-bond donors (Lipinski definition) is 2. The van der Waals surface area contributed by atoms with Crippen LogP contribution in [0, 0.1) is 22.7 Å². The highest BCUT2D eigenvalue weighted by molar-refractivity contribution is 7.91. The molecule has 0 unspecified atom stereocenters. The minimum atomic E-state index is -3.83. The first-order valence-electron chi connectivity index (χ1n) is 7.58. The highest BCUT2D eigenvalue weighted by atomic mass is 32.2. The molecule has 0 spiro atoms. The summed E-state index contributed by atoms with van der Waals surface area (Å²) in [5.74, 6) is -0.928. The number of rotatable bonds is 10. The monoisotopic (exact) mass is 401 g/mol. The van der Waals surface area contributed by atoms with Crippen molar-refractivity contribution < 1.29 is 27.0 Å². The van der Waals surface area contributed by atoms with Crippen LogP contribution in [0.3, 0.4) is 0 Å². The molecule has 0 aliphatic rings. The predicted molar refractivity (Wildman–Crippen MR) is 92.1 cm³/mol. The first-order chi connectivity index (χ1) is 12.2. The van der Waals surface area contributed by atoms with Crippen molar-refractivity contribution in [3.63, 3.8) is 0 Å². The van der Waals surface area contributed by atoms with Crippen molar-refractivity contribution in [3.05, 3.63) is 29.3 Å². The first-order valence-corrected chi connectivity index (χ1v) is 10.8. The van der Waals surface area contributed by atoms with Gasteiger partial charge in [-0.3, -0.25) is 0 Å². The maximum atomic E-state index is 12.3. The van der Waals surface area contributed by atoms with Gasteiger partial charge in [-0.05, 0) is 24.6 Å². The van der Waals surface area contributed by atoms with Crippen molar-refractivity contribution in [2.24, 2.45) is 0 Å². The molecule has 26 heavy (non-hydrogen) atoms. The first kappa shape index (κ1) is 22.0. The van der Waals surface area contributed by atoms with E-state index in [1.54, 1.807) is 12.1 Å². The van der Waals surface area contributed by atoms with E-state index in [0.29, 0.717) is 0 Å². The Labute approximate surface area is 152 Å². The highest BCUT2D eigenvalue weighted by Crippen LogP contribution is 2.17. The minimum absolute atomic E-state index is 0.0534. The summed E-state index contributed by atoms with van der Waals surface area (Å²) in [6, 6.07) is 7.05. The highest BCUT2D eigenvalue weighted by Gasteiger charge is 2.23. The van der Waals surface area contributed by atoms with Crippen molar-refractivity contribution in [3.8, 4) is 12.1 Å². The fraction of sp³-hybridized carbons (Fsp3) is 0.467. The Bertz CT molecular complexity index is 908. The lowest BCUT2D eigenvalue weighted by atomic mass is 10.1. The van der Waals surface area contributed by atoms with Gasteiger partial charge in [-0.15, -0.1) is 0 Å². The van der Waals surface area contributed by atoms with E-state index in [-0.39, 0.29) is 35.5 Å². The van der Waals surface area contributed by atoms with E-state index in [1.165, 1.54) is 12.1 Å². The third kappa shape index (κ3) is 5.76. The minimum Gasteiger partial charge on any atom is -0.395 e. The van der Waals surface area contributed by atoms with Gasteiger partial charge in [-0.1, -0.05) is 0 Å². The summed E-state index contributed by atoms with van der Waals surface area (Å²) in [5, 5.41) is 35.6. The molecule has 11 heteroatoms. The van der Waals surface area contributed by atoms with Crippen LogP contribution in [0.1, 0.15) is 17.5 Å². The second kappa shape index (κ2) is 9.62. The summed E-state index contributed by atoms with van der Waals surface area (Å²) in [6.45, 7) is -1.20. The van der Waals surface area contributed by atoms with Gasteiger partial charge in [0, 0.05) is 13.1 Å².